The predicted octanol–water partition coefficient (Wildman–Crippen LogP) is 2.49. The van der Waals surface area contributed by atoms with Gasteiger partial charge in [-0.3, -0.25) is 0 Å². The van der Waals surface area contributed by atoms with Gasteiger partial charge in [0.05, 0.1) is 4.90 Å². The van der Waals surface area contributed by atoms with E-state index in [1.54, 1.807) is 6.07 Å². The van der Waals surface area contributed by atoms with Crippen molar-refractivity contribution in [3.8, 4) is 0 Å². The Morgan fingerprint density at radius 3 is 2.25 bits per heavy atom. The van der Waals surface area contributed by atoms with Gasteiger partial charge in [-0.2, -0.15) is 0 Å². The Labute approximate surface area is 123 Å². The van der Waals surface area contributed by atoms with Crippen LogP contribution < -0.4 is 10.0 Å². The molecule has 20 heavy (non-hydrogen) atoms. The third kappa shape index (κ3) is 4.04. The number of sulfonamides is 1. The summed E-state index contributed by atoms with van der Waals surface area (Å²) in [4.78, 5) is 0.370. The molecule has 5 heteroatoms. The van der Waals surface area contributed by atoms with E-state index in [1.807, 2.05) is 47.7 Å². The van der Waals surface area contributed by atoms with Gasteiger partial charge in [-0.25, -0.2) is 13.1 Å². The fraction of sp³-hybridized carbons (Fsp3) is 0.600. The molecule has 0 saturated carbocycles. The number of aryl methyl sites for hydroxylation is 2. The van der Waals surface area contributed by atoms with Crippen molar-refractivity contribution in [2.24, 2.45) is 0 Å². The molecule has 1 aromatic rings. The second-order valence-corrected chi connectivity index (χ2v) is 7.57. The third-order valence-electron chi connectivity index (χ3n) is 3.58. The molecule has 0 atom stereocenters. The normalized spacial score (nSPS) is 12.7. The highest BCUT2D eigenvalue weighted by Crippen LogP contribution is 2.22. The lowest BCUT2D eigenvalue weighted by Crippen LogP contribution is -2.42. The zero-order valence-electron chi connectivity index (χ0n) is 13.3. The fourth-order valence-electron chi connectivity index (χ4n) is 2.04. The van der Waals surface area contributed by atoms with Crippen molar-refractivity contribution in [2.45, 2.75) is 58.0 Å². The van der Waals surface area contributed by atoms with Gasteiger partial charge in [-0.15, -0.1) is 0 Å². The summed E-state index contributed by atoms with van der Waals surface area (Å²) in [6.45, 7) is 10.2. The van der Waals surface area contributed by atoms with Crippen molar-refractivity contribution < 1.29 is 8.42 Å². The van der Waals surface area contributed by atoms with E-state index in [9.17, 15) is 8.42 Å². The summed E-state index contributed by atoms with van der Waals surface area (Å²) in [5.41, 5.74) is 2.44. The molecule has 2 N–H and O–H groups in total. The molecular weight excluding hydrogens is 272 g/mol. The minimum atomic E-state index is -3.50. The maximum absolute atomic E-state index is 12.6. The Bertz CT molecular complexity index is 578. The van der Waals surface area contributed by atoms with Crippen LogP contribution in [0.25, 0.3) is 0 Å². The Balaban J connectivity index is 3.28. The van der Waals surface area contributed by atoms with E-state index in [0.29, 0.717) is 11.4 Å². The Morgan fingerprint density at radius 2 is 1.75 bits per heavy atom. The SMILES string of the molecule is CCC(C)(C)NS(=O)(=O)c1cc(CNC)c(C)cc1C. The van der Waals surface area contributed by atoms with Crippen molar-refractivity contribution in [3.63, 3.8) is 0 Å². The minimum Gasteiger partial charge on any atom is -0.316 e. The zero-order valence-corrected chi connectivity index (χ0v) is 14.1. The number of benzene rings is 1. The molecule has 0 aliphatic rings. The molecule has 4 nitrogen and oxygen atoms in total. The number of nitrogens with one attached hydrogen (secondary N) is 2. The van der Waals surface area contributed by atoms with Gasteiger partial charge in [-0.1, -0.05) is 13.0 Å². The quantitative estimate of drug-likeness (QED) is 0.848. The van der Waals surface area contributed by atoms with E-state index in [0.717, 1.165) is 23.1 Å². The molecule has 0 aliphatic heterocycles. The molecule has 0 unspecified atom stereocenters. The highest BCUT2D eigenvalue weighted by Gasteiger charge is 2.26. The standard InChI is InChI=1S/C15H26N2O2S/c1-7-15(4,5)17-20(18,19)14-9-13(10-16-6)11(2)8-12(14)3/h8-9,16-17H,7,10H2,1-6H3. The summed E-state index contributed by atoms with van der Waals surface area (Å²) in [5, 5.41) is 3.07. The van der Waals surface area contributed by atoms with Crippen LogP contribution in [-0.4, -0.2) is 21.0 Å². The molecule has 1 rings (SSSR count). The highest BCUT2D eigenvalue weighted by molar-refractivity contribution is 7.89. The summed E-state index contributed by atoms with van der Waals surface area (Å²) < 4.78 is 27.9. The van der Waals surface area contributed by atoms with Crippen LogP contribution in [-0.2, 0) is 16.6 Å². The van der Waals surface area contributed by atoms with Gasteiger partial charge in [0.2, 0.25) is 10.0 Å². The van der Waals surface area contributed by atoms with Crippen LogP contribution in [0.2, 0.25) is 0 Å². The summed E-state index contributed by atoms with van der Waals surface area (Å²) in [6.07, 6.45) is 0.737. The lowest BCUT2D eigenvalue weighted by molar-refractivity contribution is 0.439. The van der Waals surface area contributed by atoms with Gasteiger partial charge >= 0.3 is 0 Å². The van der Waals surface area contributed by atoms with E-state index in [-0.39, 0.29) is 0 Å². The monoisotopic (exact) mass is 298 g/mol. The van der Waals surface area contributed by atoms with E-state index < -0.39 is 15.6 Å². The molecule has 0 fully saturated rings. The van der Waals surface area contributed by atoms with Gasteiger partial charge in [-0.05, 0) is 63.9 Å². The summed E-state index contributed by atoms with van der Waals surface area (Å²) in [6, 6.07) is 3.70. The third-order valence-corrected chi connectivity index (χ3v) is 5.42. The molecule has 0 saturated heterocycles. The van der Waals surface area contributed by atoms with Gasteiger partial charge in [0.25, 0.3) is 0 Å². The average molecular weight is 298 g/mol. The van der Waals surface area contributed by atoms with Crippen molar-refractivity contribution >= 4 is 10.0 Å². The van der Waals surface area contributed by atoms with E-state index in [4.69, 9.17) is 0 Å². The molecule has 0 spiro atoms. The largest absolute Gasteiger partial charge is 0.316 e. The first-order valence-electron chi connectivity index (χ1n) is 6.91. The van der Waals surface area contributed by atoms with E-state index >= 15 is 0 Å². The summed E-state index contributed by atoms with van der Waals surface area (Å²) in [5.74, 6) is 0. The first kappa shape index (κ1) is 17.1. The van der Waals surface area contributed by atoms with Crippen molar-refractivity contribution in [1.82, 2.24) is 10.0 Å². The molecule has 0 amide bonds. The van der Waals surface area contributed by atoms with Gasteiger partial charge in [0.1, 0.15) is 0 Å². The van der Waals surface area contributed by atoms with Gasteiger partial charge < -0.3 is 5.32 Å². The average Bonchev–Trinajstić information content (AvgIpc) is 2.31. The molecule has 0 heterocycles. The number of rotatable bonds is 6. The number of hydrogen-bond acceptors (Lipinski definition) is 3. The van der Waals surface area contributed by atoms with Crippen LogP contribution in [0.3, 0.4) is 0 Å². The fourth-order valence-corrected chi connectivity index (χ4v) is 3.80. The molecule has 1 aromatic carbocycles. The van der Waals surface area contributed by atoms with Crippen LogP contribution in [0.4, 0.5) is 0 Å². The van der Waals surface area contributed by atoms with Gasteiger partial charge in [0, 0.05) is 12.1 Å². The maximum Gasteiger partial charge on any atom is 0.241 e. The predicted molar refractivity (Wildman–Crippen MR) is 83.4 cm³/mol. The van der Waals surface area contributed by atoms with E-state index in [1.165, 1.54) is 0 Å². The summed E-state index contributed by atoms with van der Waals surface area (Å²) in [7, 11) is -1.64. The van der Waals surface area contributed by atoms with Crippen LogP contribution >= 0.6 is 0 Å². The first-order valence-corrected chi connectivity index (χ1v) is 8.40. The first-order chi connectivity index (χ1) is 9.13. The molecule has 0 bridgehead atoms. The lowest BCUT2D eigenvalue weighted by Gasteiger charge is -2.25. The Hall–Kier alpha value is -0.910. The molecule has 0 aromatic heterocycles. The molecule has 0 aliphatic carbocycles. The zero-order chi connectivity index (χ0) is 15.6. The topological polar surface area (TPSA) is 58.2 Å². The van der Waals surface area contributed by atoms with Crippen molar-refractivity contribution in [1.29, 1.82) is 0 Å². The lowest BCUT2D eigenvalue weighted by atomic mass is 10.0. The van der Waals surface area contributed by atoms with E-state index in [2.05, 4.69) is 10.0 Å². The number of hydrogen-bond donors (Lipinski definition) is 2. The molecule has 0 radical (unpaired) electrons. The Kier molecular flexibility index (Phi) is 5.35. The second kappa shape index (κ2) is 6.24. The van der Waals surface area contributed by atoms with Crippen LogP contribution in [0.1, 0.15) is 43.9 Å². The Morgan fingerprint density at radius 1 is 1.15 bits per heavy atom. The molecular formula is C15H26N2O2S. The summed E-state index contributed by atoms with van der Waals surface area (Å²) >= 11 is 0. The van der Waals surface area contributed by atoms with Crippen molar-refractivity contribution in [3.05, 3.63) is 28.8 Å². The minimum absolute atomic E-state index is 0.370. The van der Waals surface area contributed by atoms with Crippen molar-refractivity contribution in [2.75, 3.05) is 7.05 Å². The smallest absolute Gasteiger partial charge is 0.241 e. The molecule has 114 valence electrons. The van der Waals surface area contributed by atoms with Crippen LogP contribution in [0.5, 0.6) is 0 Å². The highest BCUT2D eigenvalue weighted by atomic mass is 32.2. The van der Waals surface area contributed by atoms with Crippen LogP contribution in [0, 0.1) is 13.8 Å². The maximum atomic E-state index is 12.6. The second-order valence-electron chi connectivity index (χ2n) is 5.92. The van der Waals surface area contributed by atoms with Gasteiger partial charge in [0.15, 0.2) is 0 Å². The van der Waals surface area contributed by atoms with Crippen LogP contribution in [0.15, 0.2) is 17.0 Å².